The molecule has 72 heavy (non-hydrogen) atoms. The topological polar surface area (TPSA) is 21.3 Å². The number of allylic oxidation sites excluding steroid dienone is 4. The molecule has 0 spiro atoms. The molecule has 11 aromatic carbocycles. The summed E-state index contributed by atoms with van der Waals surface area (Å²) in [5, 5.41) is 9.49. The summed E-state index contributed by atoms with van der Waals surface area (Å²) in [6.45, 7) is 0. The van der Waals surface area contributed by atoms with Gasteiger partial charge in [0.15, 0.2) is 0 Å². The second-order valence-corrected chi connectivity index (χ2v) is 19.4. The average molecular weight is 919 g/mol. The highest BCUT2D eigenvalue weighted by molar-refractivity contribution is 6.30. The highest BCUT2D eigenvalue weighted by atomic mass is 16.3. The van der Waals surface area contributed by atoms with Crippen LogP contribution in [-0.4, -0.2) is 4.57 Å². The number of hydrogen-bond donors (Lipinski definition) is 0. The van der Waals surface area contributed by atoms with Crippen LogP contribution in [0.3, 0.4) is 0 Å². The minimum atomic E-state index is -0.494. The molecule has 2 aromatic heterocycles. The fourth-order valence-electron chi connectivity index (χ4n) is 12.8. The lowest BCUT2D eigenvalue weighted by molar-refractivity contribution is 0.669. The number of anilines is 3. The smallest absolute Gasteiger partial charge is 0.138 e. The van der Waals surface area contributed by atoms with Gasteiger partial charge in [0.2, 0.25) is 0 Å². The van der Waals surface area contributed by atoms with Crippen molar-refractivity contribution >= 4 is 87.9 Å². The SMILES string of the molecule is C1=CC2=C(CC1)c1c(N(c3ccccc3)c3ccc4c(c3)c3c(-c5cc6ccccc6c6ccccc56)c5c(cc3n4-c3ccccc3)oc3ccccc35)cccc1C2(c1ccccc1)c1ccccc1. The van der Waals surface area contributed by atoms with Gasteiger partial charge in [-0.2, -0.15) is 0 Å². The summed E-state index contributed by atoms with van der Waals surface area (Å²) in [6, 6.07) is 89.3. The first-order chi connectivity index (χ1) is 35.8. The normalized spacial score (nSPS) is 14.0. The van der Waals surface area contributed by atoms with Crippen molar-refractivity contribution in [3.05, 3.63) is 283 Å². The van der Waals surface area contributed by atoms with Gasteiger partial charge in [0, 0.05) is 55.8 Å². The van der Waals surface area contributed by atoms with Crippen LogP contribution >= 0.6 is 0 Å². The van der Waals surface area contributed by atoms with E-state index in [-0.39, 0.29) is 0 Å². The summed E-state index contributed by atoms with van der Waals surface area (Å²) in [5.74, 6) is 0. The van der Waals surface area contributed by atoms with E-state index in [2.05, 4.69) is 264 Å². The van der Waals surface area contributed by atoms with Crippen LogP contribution in [0.4, 0.5) is 17.1 Å². The molecule has 0 radical (unpaired) electrons. The molecule has 3 heteroatoms. The van der Waals surface area contributed by atoms with Crippen LogP contribution in [0.1, 0.15) is 35.1 Å². The first kappa shape index (κ1) is 40.7. The standard InChI is InChI=1S/C69H46N2O/c1-5-23-46(24-6-1)69(47-25-7-2-8-26-47)58-36-19-17-34-54(58)65-59(69)37-21-38-61(65)70(48-27-9-3-10-28-48)50-40-41-60-57(43-50)66-62(71(60)49-29-11-4-12-30-49)44-64-67(55-35-18-20-39-63(55)72-64)68(66)56-42-45-22-13-14-31-51(45)52-32-15-16-33-53(52)56/h1-16,18-33,35-44H,17,34H2. The molecule has 2 heterocycles. The molecule has 0 unspecified atom stereocenters. The molecule has 338 valence electrons. The Labute approximate surface area is 417 Å². The molecular weight excluding hydrogens is 873 g/mol. The van der Waals surface area contributed by atoms with Gasteiger partial charge in [-0.15, -0.1) is 0 Å². The second-order valence-electron chi connectivity index (χ2n) is 19.4. The molecule has 0 N–H and O–H groups in total. The molecular formula is C69H46N2O. The molecule has 2 aliphatic carbocycles. The molecule has 0 fully saturated rings. The quantitative estimate of drug-likeness (QED) is 0.149. The summed E-state index contributed by atoms with van der Waals surface area (Å²) >= 11 is 0. The van der Waals surface area contributed by atoms with E-state index in [0.29, 0.717) is 0 Å². The summed E-state index contributed by atoms with van der Waals surface area (Å²) in [6.07, 6.45) is 6.76. The molecule has 0 bridgehead atoms. The fourth-order valence-corrected chi connectivity index (χ4v) is 12.8. The molecule has 15 rings (SSSR count). The Balaban J connectivity index is 1.08. The van der Waals surface area contributed by atoms with Crippen LogP contribution < -0.4 is 4.90 Å². The van der Waals surface area contributed by atoms with Crippen molar-refractivity contribution in [1.82, 2.24) is 4.57 Å². The third kappa shape index (κ3) is 5.79. The van der Waals surface area contributed by atoms with Gasteiger partial charge >= 0.3 is 0 Å². The molecule has 13 aromatic rings. The fraction of sp³-hybridized carbons (Fsp3) is 0.0435. The van der Waals surface area contributed by atoms with Gasteiger partial charge in [-0.05, 0) is 128 Å². The maximum atomic E-state index is 6.92. The van der Waals surface area contributed by atoms with Gasteiger partial charge in [0.05, 0.1) is 22.1 Å². The van der Waals surface area contributed by atoms with E-state index in [1.165, 1.54) is 82.5 Å². The summed E-state index contributed by atoms with van der Waals surface area (Å²) in [5.41, 5.74) is 18.3. The Bertz CT molecular complexity index is 4330. The van der Waals surface area contributed by atoms with E-state index in [4.69, 9.17) is 4.42 Å². The van der Waals surface area contributed by atoms with Crippen molar-refractivity contribution in [1.29, 1.82) is 0 Å². The number of rotatable bonds is 7. The van der Waals surface area contributed by atoms with Crippen LogP contribution in [0, 0.1) is 0 Å². The third-order valence-electron chi connectivity index (χ3n) is 15.7. The number of hydrogen-bond acceptors (Lipinski definition) is 2. The first-order valence-electron chi connectivity index (χ1n) is 25.1. The summed E-state index contributed by atoms with van der Waals surface area (Å²) in [4.78, 5) is 2.52. The van der Waals surface area contributed by atoms with Crippen LogP contribution in [0.25, 0.3) is 87.7 Å². The van der Waals surface area contributed by atoms with Crippen LogP contribution in [-0.2, 0) is 5.41 Å². The molecule has 0 amide bonds. The van der Waals surface area contributed by atoms with Gasteiger partial charge in [-0.25, -0.2) is 0 Å². The number of furan rings is 1. The molecule has 0 saturated heterocycles. The molecule has 3 nitrogen and oxygen atoms in total. The largest absolute Gasteiger partial charge is 0.456 e. The van der Waals surface area contributed by atoms with Gasteiger partial charge in [0.1, 0.15) is 11.2 Å². The predicted octanol–water partition coefficient (Wildman–Crippen LogP) is 18.6. The number of para-hydroxylation sites is 3. The zero-order valence-corrected chi connectivity index (χ0v) is 39.5. The summed E-state index contributed by atoms with van der Waals surface area (Å²) in [7, 11) is 0. The lowest BCUT2D eigenvalue weighted by Crippen LogP contribution is -2.29. The second kappa shape index (κ2) is 15.9. The van der Waals surface area contributed by atoms with E-state index < -0.39 is 5.41 Å². The highest BCUT2D eigenvalue weighted by Crippen LogP contribution is 2.60. The van der Waals surface area contributed by atoms with E-state index in [9.17, 15) is 0 Å². The minimum absolute atomic E-state index is 0.494. The molecule has 0 saturated carbocycles. The van der Waals surface area contributed by atoms with Crippen LogP contribution in [0.15, 0.2) is 265 Å². The molecule has 0 atom stereocenters. The lowest BCUT2D eigenvalue weighted by Gasteiger charge is -2.35. The number of benzene rings is 11. The van der Waals surface area contributed by atoms with E-state index in [1.807, 2.05) is 0 Å². The average Bonchev–Trinajstić information content (AvgIpc) is 4.10. The molecule has 0 aliphatic heterocycles. The van der Waals surface area contributed by atoms with Crippen molar-refractivity contribution < 1.29 is 4.42 Å². The van der Waals surface area contributed by atoms with Gasteiger partial charge in [0.25, 0.3) is 0 Å². The maximum absolute atomic E-state index is 6.92. The Hall–Kier alpha value is -9.18. The van der Waals surface area contributed by atoms with E-state index in [0.717, 1.165) is 62.9 Å². The lowest BCUT2D eigenvalue weighted by atomic mass is 9.66. The number of nitrogens with zero attached hydrogens (tertiary/aromatic N) is 2. The van der Waals surface area contributed by atoms with Crippen molar-refractivity contribution in [2.45, 2.75) is 18.3 Å². The van der Waals surface area contributed by atoms with E-state index in [1.54, 1.807) is 0 Å². The maximum Gasteiger partial charge on any atom is 0.138 e. The Morgan fingerprint density at radius 1 is 0.444 bits per heavy atom. The Morgan fingerprint density at radius 2 is 1.10 bits per heavy atom. The molecule has 2 aliphatic rings. The van der Waals surface area contributed by atoms with E-state index >= 15 is 0 Å². The zero-order valence-electron chi connectivity index (χ0n) is 39.5. The van der Waals surface area contributed by atoms with Gasteiger partial charge in [-0.1, -0.05) is 188 Å². The number of fused-ring (bicyclic) bond motifs is 11. The van der Waals surface area contributed by atoms with Crippen LogP contribution in [0.5, 0.6) is 0 Å². The zero-order chi connectivity index (χ0) is 47.3. The van der Waals surface area contributed by atoms with Crippen molar-refractivity contribution in [2.24, 2.45) is 0 Å². The van der Waals surface area contributed by atoms with Crippen molar-refractivity contribution in [3.63, 3.8) is 0 Å². The summed E-state index contributed by atoms with van der Waals surface area (Å²) < 4.78 is 9.37. The monoisotopic (exact) mass is 918 g/mol. The minimum Gasteiger partial charge on any atom is -0.456 e. The van der Waals surface area contributed by atoms with Gasteiger partial charge < -0.3 is 13.9 Å². The number of aromatic nitrogens is 1. The van der Waals surface area contributed by atoms with Crippen LogP contribution in [0.2, 0.25) is 0 Å². The van der Waals surface area contributed by atoms with Crippen molar-refractivity contribution in [3.8, 4) is 16.8 Å². The van der Waals surface area contributed by atoms with Crippen molar-refractivity contribution in [2.75, 3.05) is 4.90 Å². The Kier molecular flexibility index (Phi) is 9.00. The van der Waals surface area contributed by atoms with Gasteiger partial charge in [-0.3, -0.25) is 0 Å². The third-order valence-corrected chi connectivity index (χ3v) is 15.7. The first-order valence-corrected chi connectivity index (χ1v) is 25.1. The predicted molar refractivity (Wildman–Crippen MR) is 301 cm³/mol. The Morgan fingerprint density at radius 3 is 1.86 bits per heavy atom. The highest BCUT2D eigenvalue weighted by Gasteiger charge is 2.48.